The van der Waals surface area contributed by atoms with E-state index in [1.54, 1.807) is 18.3 Å². The van der Waals surface area contributed by atoms with Crippen molar-refractivity contribution in [1.82, 2.24) is 14.2 Å². The zero-order valence-corrected chi connectivity index (χ0v) is 16.7. The van der Waals surface area contributed by atoms with Crippen molar-refractivity contribution in [3.8, 4) is 0 Å². The molecule has 1 unspecified atom stereocenters. The Labute approximate surface area is 174 Å². The first-order valence-electron chi connectivity index (χ1n) is 9.39. The molecule has 4 rings (SSSR count). The molecule has 8 nitrogen and oxygen atoms in total. The van der Waals surface area contributed by atoms with Gasteiger partial charge in [-0.25, -0.2) is 9.48 Å². The highest BCUT2D eigenvalue weighted by atomic mass is 35.5. The Kier molecular flexibility index (Phi) is 6.68. The van der Waals surface area contributed by atoms with Crippen LogP contribution < -0.4 is 16.7 Å². The Morgan fingerprint density at radius 1 is 1.24 bits per heavy atom. The monoisotopic (exact) mass is 417 g/mol. The molecule has 154 valence electrons. The molecule has 3 heterocycles. The Balaban J connectivity index is 0.00000240. The average molecular weight is 418 g/mol. The van der Waals surface area contributed by atoms with E-state index in [4.69, 9.17) is 10.5 Å². The van der Waals surface area contributed by atoms with Crippen LogP contribution in [0.2, 0.25) is 0 Å². The van der Waals surface area contributed by atoms with Gasteiger partial charge in [0.05, 0.1) is 12.6 Å². The minimum Gasteiger partial charge on any atom is -0.381 e. The lowest BCUT2D eigenvalue weighted by Crippen LogP contribution is -2.44. The van der Waals surface area contributed by atoms with Crippen molar-refractivity contribution >= 4 is 29.6 Å². The van der Waals surface area contributed by atoms with Crippen molar-refractivity contribution in [3.05, 3.63) is 64.7 Å². The van der Waals surface area contributed by atoms with Crippen LogP contribution in [0.4, 0.5) is 5.69 Å². The van der Waals surface area contributed by atoms with Gasteiger partial charge in [-0.3, -0.25) is 9.20 Å². The van der Waals surface area contributed by atoms with Crippen LogP contribution in [-0.2, 0) is 16.1 Å². The van der Waals surface area contributed by atoms with E-state index in [0.29, 0.717) is 31.1 Å². The maximum atomic E-state index is 12.5. The van der Waals surface area contributed by atoms with Crippen LogP contribution in [-0.4, -0.2) is 39.3 Å². The molecule has 2 aromatic heterocycles. The topological polar surface area (TPSA) is 104 Å². The number of carbonyl (C=O) groups is 1. The molecule has 0 radical (unpaired) electrons. The first kappa shape index (κ1) is 21.0. The Hall–Kier alpha value is -2.68. The van der Waals surface area contributed by atoms with Gasteiger partial charge < -0.3 is 15.8 Å². The summed E-state index contributed by atoms with van der Waals surface area (Å²) in [5, 5.41) is 7.22. The molecule has 0 aliphatic carbocycles. The number of anilines is 1. The van der Waals surface area contributed by atoms with E-state index in [-0.39, 0.29) is 29.9 Å². The standard InChI is InChI=1S/C20H23N5O3.ClH/c21-18(15-7-10-28-11-8-15)19(26)22-16-5-3-4-14(12-16)13-25-20(27)24-9-2-1-6-17(24)23-25;/h1-6,9,12,15,18H,7-8,10-11,13,21H2,(H,22,26);1H. The Morgan fingerprint density at radius 2 is 2.03 bits per heavy atom. The number of hydrogen-bond acceptors (Lipinski definition) is 5. The van der Waals surface area contributed by atoms with E-state index in [2.05, 4.69) is 10.4 Å². The minimum atomic E-state index is -0.561. The maximum absolute atomic E-state index is 12.5. The normalized spacial score (nSPS) is 15.6. The lowest BCUT2D eigenvalue weighted by Gasteiger charge is -2.26. The number of hydrogen-bond donors (Lipinski definition) is 2. The lowest BCUT2D eigenvalue weighted by atomic mass is 9.92. The zero-order valence-electron chi connectivity index (χ0n) is 15.9. The molecule has 3 aromatic rings. The number of nitrogens with two attached hydrogens (primary N) is 1. The van der Waals surface area contributed by atoms with Gasteiger partial charge in [0.15, 0.2) is 5.65 Å². The molecule has 1 aromatic carbocycles. The van der Waals surface area contributed by atoms with E-state index < -0.39 is 6.04 Å². The molecule has 9 heteroatoms. The number of fused-ring (bicyclic) bond motifs is 1. The molecule has 1 fully saturated rings. The number of aromatic nitrogens is 3. The van der Waals surface area contributed by atoms with Crippen molar-refractivity contribution in [2.45, 2.75) is 25.4 Å². The molecule has 3 N–H and O–H groups in total. The molecule has 29 heavy (non-hydrogen) atoms. The summed E-state index contributed by atoms with van der Waals surface area (Å²) in [6, 6.07) is 12.2. The van der Waals surface area contributed by atoms with Crippen molar-refractivity contribution in [3.63, 3.8) is 0 Å². The first-order valence-corrected chi connectivity index (χ1v) is 9.39. The van der Waals surface area contributed by atoms with Gasteiger partial charge in [0.25, 0.3) is 0 Å². The van der Waals surface area contributed by atoms with Crippen molar-refractivity contribution < 1.29 is 9.53 Å². The second-order valence-electron chi connectivity index (χ2n) is 7.03. The number of nitrogens with zero attached hydrogens (tertiary/aromatic N) is 3. The Morgan fingerprint density at radius 3 is 2.79 bits per heavy atom. The highest BCUT2D eigenvalue weighted by Crippen LogP contribution is 2.19. The van der Waals surface area contributed by atoms with Crippen molar-refractivity contribution in [2.24, 2.45) is 11.7 Å². The van der Waals surface area contributed by atoms with E-state index in [9.17, 15) is 9.59 Å². The zero-order chi connectivity index (χ0) is 19.5. The fourth-order valence-corrected chi connectivity index (χ4v) is 3.51. The smallest absolute Gasteiger partial charge is 0.350 e. The Bertz CT molecular complexity index is 1040. The van der Waals surface area contributed by atoms with Gasteiger partial charge in [-0.2, -0.15) is 0 Å². The van der Waals surface area contributed by atoms with Crippen LogP contribution in [0.25, 0.3) is 5.65 Å². The van der Waals surface area contributed by atoms with Crippen LogP contribution in [0.5, 0.6) is 0 Å². The highest BCUT2D eigenvalue weighted by Gasteiger charge is 2.26. The fourth-order valence-electron chi connectivity index (χ4n) is 3.51. The third kappa shape index (κ3) is 4.67. The number of carbonyl (C=O) groups excluding carboxylic acids is 1. The van der Waals surface area contributed by atoms with Gasteiger partial charge in [-0.15, -0.1) is 17.5 Å². The van der Waals surface area contributed by atoms with Gasteiger partial charge in [0, 0.05) is 25.1 Å². The second kappa shape index (κ2) is 9.21. The summed E-state index contributed by atoms with van der Waals surface area (Å²) >= 11 is 0. The summed E-state index contributed by atoms with van der Waals surface area (Å²) in [4.78, 5) is 24.9. The summed E-state index contributed by atoms with van der Waals surface area (Å²) in [6.45, 7) is 1.61. The molecule has 1 aliphatic heterocycles. The van der Waals surface area contributed by atoms with E-state index in [1.165, 1.54) is 9.08 Å². The number of pyridine rings is 1. The fraction of sp³-hybridized carbons (Fsp3) is 0.350. The van der Waals surface area contributed by atoms with Crippen molar-refractivity contribution in [1.29, 1.82) is 0 Å². The number of amides is 1. The third-order valence-corrected chi connectivity index (χ3v) is 5.09. The van der Waals surface area contributed by atoms with E-state index >= 15 is 0 Å². The summed E-state index contributed by atoms with van der Waals surface area (Å²) in [6.07, 6.45) is 3.28. The molecule has 0 bridgehead atoms. The third-order valence-electron chi connectivity index (χ3n) is 5.09. The highest BCUT2D eigenvalue weighted by molar-refractivity contribution is 5.94. The van der Waals surface area contributed by atoms with Crippen LogP contribution >= 0.6 is 12.4 Å². The van der Waals surface area contributed by atoms with Crippen molar-refractivity contribution in [2.75, 3.05) is 18.5 Å². The predicted octanol–water partition coefficient (Wildman–Crippen LogP) is 1.66. The minimum absolute atomic E-state index is 0. The predicted molar refractivity (Wildman–Crippen MR) is 112 cm³/mol. The number of halogens is 1. The SMILES string of the molecule is Cl.NC(C(=O)Nc1cccc(Cn2nc3ccccn3c2=O)c1)C1CCOCC1. The van der Waals surface area contributed by atoms with Crippen LogP contribution in [0.15, 0.2) is 53.5 Å². The number of nitrogens with one attached hydrogen (secondary N) is 1. The number of benzene rings is 1. The first-order chi connectivity index (χ1) is 13.6. The lowest BCUT2D eigenvalue weighted by molar-refractivity contribution is -0.119. The van der Waals surface area contributed by atoms with Gasteiger partial charge >= 0.3 is 5.69 Å². The molecule has 1 aliphatic rings. The molecule has 1 saturated heterocycles. The summed E-state index contributed by atoms with van der Waals surface area (Å²) in [5.74, 6) is -0.0672. The quantitative estimate of drug-likeness (QED) is 0.657. The molecule has 0 saturated carbocycles. The molecule has 1 amide bonds. The van der Waals surface area contributed by atoms with Gasteiger partial charge in [-0.1, -0.05) is 18.2 Å². The molecule has 1 atom stereocenters. The summed E-state index contributed by atoms with van der Waals surface area (Å²) in [7, 11) is 0. The van der Waals surface area contributed by atoms with E-state index in [0.717, 1.165) is 18.4 Å². The number of rotatable bonds is 5. The van der Waals surface area contributed by atoms with E-state index in [1.807, 2.05) is 30.3 Å². The summed E-state index contributed by atoms with van der Waals surface area (Å²) in [5.41, 5.74) is 8.05. The number of ether oxygens (including phenoxy) is 1. The van der Waals surface area contributed by atoms with Crippen LogP contribution in [0, 0.1) is 5.92 Å². The maximum Gasteiger partial charge on any atom is 0.350 e. The molecular weight excluding hydrogens is 394 g/mol. The molecule has 0 spiro atoms. The summed E-state index contributed by atoms with van der Waals surface area (Å²) < 4.78 is 8.23. The van der Waals surface area contributed by atoms with Crippen LogP contribution in [0.3, 0.4) is 0 Å². The average Bonchev–Trinajstić information content (AvgIpc) is 3.04. The second-order valence-corrected chi connectivity index (χ2v) is 7.03. The van der Waals surface area contributed by atoms with Gasteiger partial charge in [0.2, 0.25) is 5.91 Å². The van der Waals surface area contributed by atoms with Gasteiger partial charge in [-0.05, 0) is 48.6 Å². The largest absolute Gasteiger partial charge is 0.381 e. The molecular formula is C20H24ClN5O3. The van der Waals surface area contributed by atoms with Crippen LogP contribution in [0.1, 0.15) is 18.4 Å². The van der Waals surface area contributed by atoms with Gasteiger partial charge in [0.1, 0.15) is 0 Å².